The number of benzene rings is 3. The molecule has 0 radical (unpaired) electrons. The number of hydrogen-bond donors (Lipinski definition) is 2. The number of nitrogens with zero attached hydrogens (tertiary/aromatic N) is 1. The topological polar surface area (TPSA) is 88.5 Å². The summed E-state index contributed by atoms with van der Waals surface area (Å²) in [7, 11) is 1.68. The molecule has 6 nitrogen and oxygen atoms in total. The molecule has 0 aliphatic heterocycles. The van der Waals surface area contributed by atoms with Gasteiger partial charge >= 0.3 is 5.97 Å². The Bertz CT molecular complexity index is 1490. The number of fused-ring (bicyclic) bond motifs is 1. The summed E-state index contributed by atoms with van der Waals surface area (Å²) < 4.78 is 6.09. The summed E-state index contributed by atoms with van der Waals surface area (Å²) >= 11 is 0. The van der Waals surface area contributed by atoms with Crippen LogP contribution in [0.4, 0.5) is 5.82 Å². The molecule has 0 aliphatic carbocycles. The summed E-state index contributed by atoms with van der Waals surface area (Å²) in [5, 5.41) is 13.7. The Morgan fingerprint density at radius 3 is 2.36 bits per heavy atom. The molecule has 1 atom stereocenters. The van der Waals surface area contributed by atoms with E-state index in [1.165, 1.54) is 5.56 Å². The highest BCUT2D eigenvalue weighted by molar-refractivity contribution is 6.00. The number of methoxy groups -OCH3 is 1. The van der Waals surface area contributed by atoms with Crippen LogP contribution >= 0.6 is 0 Å². The third-order valence-electron chi connectivity index (χ3n) is 7.80. The van der Waals surface area contributed by atoms with E-state index in [0.717, 1.165) is 33.0 Å². The van der Waals surface area contributed by atoms with Gasteiger partial charge in [-0.05, 0) is 54.0 Å². The van der Waals surface area contributed by atoms with Crippen LogP contribution in [0.25, 0.3) is 21.9 Å². The lowest BCUT2D eigenvalue weighted by atomic mass is 9.69. The van der Waals surface area contributed by atoms with Crippen LogP contribution in [0, 0.1) is 12.3 Å². The molecule has 0 saturated carbocycles. The predicted octanol–water partition coefficient (Wildman–Crippen LogP) is 7.14. The van der Waals surface area contributed by atoms with Gasteiger partial charge in [-0.1, -0.05) is 86.1 Å². The van der Waals surface area contributed by atoms with E-state index in [2.05, 4.69) is 65.8 Å². The lowest BCUT2D eigenvalue weighted by molar-refractivity contribution is -0.137. The average Bonchev–Trinajstić information content (AvgIpc) is 2.91. The number of amides is 1. The van der Waals surface area contributed by atoms with Crippen molar-refractivity contribution >= 4 is 28.5 Å². The molecule has 0 bridgehead atoms. The van der Waals surface area contributed by atoms with E-state index in [9.17, 15) is 9.59 Å². The highest BCUT2D eigenvalue weighted by atomic mass is 16.5. The maximum atomic E-state index is 13.3. The van der Waals surface area contributed by atoms with Crippen molar-refractivity contribution in [3.8, 4) is 11.1 Å². The second kappa shape index (κ2) is 11.4. The number of aromatic nitrogens is 1. The standard InChI is InChI=1S/C33H36N2O4/c1-22-7-6-8-25(19-22)24-11-13-27(14-12-24)33(4,39-5)32(2,3)21-29(36)35-31-28-15-9-23(10-16-30(37)38)20-26(28)17-18-34-31/h6-9,11-15,17-20H,10,16,21H2,1-5H3,(H,37,38)(H,34,35,36). The minimum Gasteiger partial charge on any atom is -0.481 e. The number of anilines is 1. The molecular formula is C33H36N2O4. The molecule has 0 fully saturated rings. The van der Waals surface area contributed by atoms with Crippen molar-refractivity contribution in [2.45, 2.75) is 52.6 Å². The van der Waals surface area contributed by atoms with E-state index in [1.54, 1.807) is 13.3 Å². The smallest absolute Gasteiger partial charge is 0.303 e. The van der Waals surface area contributed by atoms with Gasteiger partial charge in [0.2, 0.25) is 5.91 Å². The number of ether oxygens (including phenoxy) is 1. The highest BCUT2D eigenvalue weighted by Crippen LogP contribution is 2.45. The first-order chi connectivity index (χ1) is 18.5. The van der Waals surface area contributed by atoms with Gasteiger partial charge in [0, 0.05) is 36.9 Å². The summed E-state index contributed by atoms with van der Waals surface area (Å²) in [6, 6.07) is 24.3. The molecule has 202 valence electrons. The maximum Gasteiger partial charge on any atom is 0.303 e. The van der Waals surface area contributed by atoms with Crippen LogP contribution < -0.4 is 5.32 Å². The Labute approximate surface area is 230 Å². The van der Waals surface area contributed by atoms with Crippen LogP contribution in [-0.4, -0.2) is 29.1 Å². The molecule has 1 heterocycles. The van der Waals surface area contributed by atoms with Gasteiger partial charge in [0.15, 0.2) is 0 Å². The largest absolute Gasteiger partial charge is 0.481 e. The van der Waals surface area contributed by atoms with Crippen LogP contribution in [0.5, 0.6) is 0 Å². The molecule has 1 amide bonds. The van der Waals surface area contributed by atoms with Gasteiger partial charge in [-0.2, -0.15) is 0 Å². The molecule has 3 aromatic carbocycles. The summed E-state index contributed by atoms with van der Waals surface area (Å²) in [6.07, 6.45) is 2.39. The second-order valence-corrected chi connectivity index (χ2v) is 10.9. The first-order valence-corrected chi connectivity index (χ1v) is 13.1. The fourth-order valence-corrected chi connectivity index (χ4v) is 5.07. The number of aryl methyl sites for hydroxylation is 2. The highest BCUT2D eigenvalue weighted by Gasteiger charge is 2.44. The third-order valence-corrected chi connectivity index (χ3v) is 7.80. The molecule has 39 heavy (non-hydrogen) atoms. The Kier molecular flexibility index (Phi) is 8.17. The summed E-state index contributed by atoms with van der Waals surface area (Å²) in [4.78, 5) is 28.6. The van der Waals surface area contributed by atoms with E-state index in [0.29, 0.717) is 12.2 Å². The minimum atomic E-state index is -0.828. The molecule has 0 saturated heterocycles. The van der Waals surface area contributed by atoms with Crippen molar-refractivity contribution in [3.05, 3.63) is 95.7 Å². The van der Waals surface area contributed by atoms with Crippen molar-refractivity contribution in [2.75, 3.05) is 12.4 Å². The molecular weight excluding hydrogens is 488 g/mol. The first-order valence-electron chi connectivity index (χ1n) is 13.1. The van der Waals surface area contributed by atoms with E-state index in [1.807, 2.05) is 45.0 Å². The molecule has 2 N–H and O–H groups in total. The number of aliphatic carboxylic acids is 1. The molecule has 1 unspecified atom stereocenters. The van der Waals surface area contributed by atoms with Gasteiger partial charge < -0.3 is 15.2 Å². The number of carbonyl (C=O) groups excluding carboxylic acids is 1. The molecule has 0 spiro atoms. The Morgan fingerprint density at radius 1 is 0.949 bits per heavy atom. The van der Waals surface area contributed by atoms with Crippen molar-refractivity contribution in [1.82, 2.24) is 4.98 Å². The van der Waals surface area contributed by atoms with Crippen LogP contribution in [-0.2, 0) is 26.3 Å². The lowest BCUT2D eigenvalue weighted by Crippen LogP contribution is -2.43. The van der Waals surface area contributed by atoms with Gasteiger partial charge in [-0.3, -0.25) is 9.59 Å². The van der Waals surface area contributed by atoms with E-state index >= 15 is 0 Å². The fourth-order valence-electron chi connectivity index (χ4n) is 5.07. The molecule has 0 aliphatic rings. The second-order valence-electron chi connectivity index (χ2n) is 10.9. The number of rotatable bonds is 10. The Hall–Kier alpha value is -4.03. The van der Waals surface area contributed by atoms with Crippen molar-refractivity contribution < 1.29 is 19.4 Å². The Morgan fingerprint density at radius 2 is 1.69 bits per heavy atom. The molecule has 1 aromatic heterocycles. The van der Waals surface area contributed by atoms with Crippen LogP contribution in [0.15, 0.2) is 79.0 Å². The number of carboxylic acid groups (broad SMARTS) is 1. The SMILES string of the molecule is COC(C)(c1ccc(-c2cccc(C)c2)cc1)C(C)(C)CC(=O)Nc1nccc2cc(CCC(=O)O)ccc12. The first kappa shape index (κ1) is 28.0. The lowest BCUT2D eigenvalue weighted by Gasteiger charge is -2.43. The number of nitrogens with one attached hydrogen (secondary N) is 1. The zero-order valence-corrected chi connectivity index (χ0v) is 23.2. The van der Waals surface area contributed by atoms with E-state index < -0.39 is 17.0 Å². The van der Waals surface area contributed by atoms with Gasteiger partial charge in [-0.25, -0.2) is 4.98 Å². The quantitative estimate of drug-likeness (QED) is 0.230. The Balaban J connectivity index is 1.52. The summed E-state index contributed by atoms with van der Waals surface area (Å²) in [5.74, 6) is -0.500. The number of hydrogen-bond acceptors (Lipinski definition) is 4. The normalized spacial score (nSPS) is 13.2. The van der Waals surface area contributed by atoms with Crippen molar-refractivity contribution in [2.24, 2.45) is 5.41 Å². The van der Waals surface area contributed by atoms with Crippen LogP contribution in [0.3, 0.4) is 0 Å². The summed E-state index contributed by atoms with van der Waals surface area (Å²) in [5.41, 5.74) is 4.16. The zero-order chi connectivity index (χ0) is 28.2. The maximum absolute atomic E-state index is 13.3. The van der Waals surface area contributed by atoms with Crippen LogP contribution in [0.1, 0.15) is 50.3 Å². The monoisotopic (exact) mass is 524 g/mol. The minimum absolute atomic E-state index is 0.0716. The molecule has 4 rings (SSSR count). The van der Waals surface area contributed by atoms with E-state index in [4.69, 9.17) is 9.84 Å². The van der Waals surface area contributed by atoms with Gasteiger partial charge in [0.25, 0.3) is 0 Å². The number of carbonyl (C=O) groups is 2. The van der Waals surface area contributed by atoms with Gasteiger partial charge in [0.05, 0.1) is 5.60 Å². The van der Waals surface area contributed by atoms with Gasteiger partial charge in [-0.15, -0.1) is 0 Å². The zero-order valence-electron chi connectivity index (χ0n) is 23.2. The number of pyridine rings is 1. The van der Waals surface area contributed by atoms with Gasteiger partial charge in [0.1, 0.15) is 5.82 Å². The van der Waals surface area contributed by atoms with Crippen molar-refractivity contribution in [1.29, 1.82) is 0 Å². The van der Waals surface area contributed by atoms with Crippen LogP contribution in [0.2, 0.25) is 0 Å². The molecule has 4 aromatic rings. The van der Waals surface area contributed by atoms with E-state index in [-0.39, 0.29) is 18.7 Å². The summed E-state index contributed by atoms with van der Waals surface area (Å²) in [6.45, 7) is 8.18. The third kappa shape index (κ3) is 6.18. The van der Waals surface area contributed by atoms with Crippen molar-refractivity contribution in [3.63, 3.8) is 0 Å². The number of carboxylic acids is 1. The molecule has 6 heteroatoms. The predicted molar refractivity (Wildman–Crippen MR) is 156 cm³/mol. The fraction of sp³-hybridized carbons (Fsp3) is 0.303. The average molecular weight is 525 g/mol.